The normalized spacial score (nSPS) is 14.6. The van der Waals surface area contributed by atoms with E-state index >= 15 is 0 Å². The summed E-state index contributed by atoms with van der Waals surface area (Å²) in [7, 11) is 0. The average molecular weight is 386 g/mol. The lowest BCUT2D eigenvalue weighted by atomic mass is 10.0. The van der Waals surface area contributed by atoms with Crippen molar-refractivity contribution in [1.29, 1.82) is 0 Å². The molecule has 2 aliphatic heterocycles. The maximum Gasteiger partial charge on any atom is 0.298 e. The van der Waals surface area contributed by atoms with Gasteiger partial charge in [-0.2, -0.15) is 0 Å². The van der Waals surface area contributed by atoms with E-state index in [0.717, 1.165) is 60.4 Å². The fourth-order valence-electron chi connectivity index (χ4n) is 4.26. The molecule has 5 nitrogen and oxygen atoms in total. The van der Waals surface area contributed by atoms with Gasteiger partial charge in [0, 0.05) is 36.0 Å². The molecular formula is C24H22N2O3. The minimum atomic E-state index is -0.619. The Kier molecular flexibility index (Phi) is 4.43. The third kappa shape index (κ3) is 3.23. The maximum absolute atomic E-state index is 13.2. The molecule has 0 saturated carbocycles. The molecule has 3 aromatic rings. The monoisotopic (exact) mass is 386 g/mol. The summed E-state index contributed by atoms with van der Waals surface area (Å²) >= 11 is 0. The van der Waals surface area contributed by atoms with Crippen molar-refractivity contribution in [3.63, 3.8) is 0 Å². The highest BCUT2D eigenvalue weighted by molar-refractivity contribution is 6.47. The highest BCUT2D eigenvalue weighted by Crippen LogP contribution is 2.32. The van der Waals surface area contributed by atoms with Crippen LogP contribution in [0.2, 0.25) is 0 Å². The number of carbonyl (C=O) groups is 2. The van der Waals surface area contributed by atoms with Crippen molar-refractivity contribution in [3.8, 4) is 16.9 Å². The number of hydrogen-bond donors (Lipinski definition) is 1. The van der Waals surface area contributed by atoms with Gasteiger partial charge in [0.15, 0.2) is 0 Å². The van der Waals surface area contributed by atoms with Crippen LogP contribution >= 0.6 is 0 Å². The van der Waals surface area contributed by atoms with Crippen LogP contribution in [0.15, 0.2) is 54.6 Å². The van der Waals surface area contributed by atoms with Gasteiger partial charge in [0.2, 0.25) is 0 Å². The zero-order chi connectivity index (χ0) is 19.8. The molecule has 5 heteroatoms. The second-order valence-electron chi connectivity index (χ2n) is 7.58. The van der Waals surface area contributed by atoms with Crippen molar-refractivity contribution in [2.45, 2.75) is 32.2 Å². The third-order valence-corrected chi connectivity index (χ3v) is 5.71. The number of benzene rings is 2. The number of ketones is 1. The van der Waals surface area contributed by atoms with Gasteiger partial charge in [0.05, 0.1) is 6.61 Å². The fraction of sp³-hybridized carbons (Fsp3) is 0.250. The van der Waals surface area contributed by atoms with Crippen molar-refractivity contribution in [2.24, 2.45) is 0 Å². The highest BCUT2D eigenvalue weighted by Gasteiger charge is 2.28. The van der Waals surface area contributed by atoms with Crippen LogP contribution in [0.3, 0.4) is 0 Å². The molecule has 0 saturated heterocycles. The average Bonchev–Trinajstić information content (AvgIpc) is 3.38. The van der Waals surface area contributed by atoms with Crippen LogP contribution in [0.5, 0.6) is 5.75 Å². The summed E-state index contributed by atoms with van der Waals surface area (Å²) in [6.07, 6.45) is 3.92. The zero-order valence-electron chi connectivity index (χ0n) is 16.1. The first-order valence-corrected chi connectivity index (χ1v) is 10.1. The summed E-state index contributed by atoms with van der Waals surface area (Å²) in [6, 6.07) is 17.4. The second kappa shape index (κ2) is 7.24. The number of rotatable bonds is 4. The molecule has 3 heterocycles. The highest BCUT2D eigenvalue weighted by atomic mass is 16.5. The van der Waals surface area contributed by atoms with E-state index in [0.29, 0.717) is 18.0 Å². The van der Waals surface area contributed by atoms with Gasteiger partial charge in [-0.3, -0.25) is 9.59 Å². The fourth-order valence-corrected chi connectivity index (χ4v) is 4.26. The summed E-state index contributed by atoms with van der Waals surface area (Å²) in [5, 5.41) is 2.76. The molecule has 0 atom stereocenters. The molecule has 146 valence electrons. The summed E-state index contributed by atoms with van der Waals surface area (Å²) in [6.45, 7) is 1.42. The number of aromatic nitrogens is 1. The number of ether oxygens (including phenoxy) is 1. The van der Waals surface area contributed by atoms with Crippen molar-refractivity contribution in [3.05, 3.63) is 71.5 Å². The van der Waals surface area contributed by atoms with Gasteiger partial charge < -0.3 is 14.6 Å². The second-order valence-corrected chi connectivity index (χ2v) is 7.58. The number of aryl methyl sites for hydroxylation is 1. The predicted octanol–water partition coefficient (Wildman–Crippen LogP) is 4.25. The third-order valence-electron chi connectivity index (χ3n) is 5.71. The topological polar surface area (TPSA) is 60.3 Å². The van der Waals surface area contributed by atoms with Crippen LogP contribution in [-0.4, -0.2) is 22.9 Å². The van der Waals surface area contributed by atoms with Gasteiger partial charge in [-0.25, -0.2) is 0 Å². The number of anilines is 1. The van der Waals surface area contributed by atoms with Crippen LogP contribution in [0, 0.1) is 0 Å². The SMILES string of the molecule is O=C(Nc1ccc2c(c1)OCC2)C(=O)c1c(-c2ccccc2)cc2n1CCCC2. The lowest BCUT2D eigenvalue weighted by Gasteiger charge is -2.17. The number of fused-ring (bicyclic) bond motifs is 2. The Morgan fingerprint density at radius 2 is 1.83 bits per heavy atom. The number of Topliss-reactive ketones (excluding diaryl/α,β-unsaturated/α-hetero) is 1. The van der Waals surface area contributed by atoms with Crippen LogP contribution in [0.1, 0.15) is 34.6 Å². The van der Waals surface area contributed by atoms with Gasteiger partial charge in [0.25, 0.3) is 11.7 Å². The molecule has 29 heavy (non-hydrogen) atoms. The van der Waals surface area contributed by atoms with E-state index in [4.69, 9.17) is 4.74 Å². The smallest absolute Gasteiger partial charge is 0.298 e. The van der Waals surface area contributed by atoms with Crippen molar-refractivity contribution in [2.75, 3.05) is 11.9 Å². The number of amides is 1. The molecule has 2 aromatic carbocycles. The maximum atomic E-state index is 13.2. The molecule has 1 N–H and O–H groups in total. The van der Waals surface area contributed by atoms with E-state index < -0.39 is 11.7 Å². The Labute approximate surface area is 169 Å². The first-order chi connectivity index (χ1) is 14.2. The first kappa shape index (κ1) is 17.7. The Morgan fingerprint density at radius 3 is 2.69 bits per heavy atom. The molecule has 1 amide bonds. The number of nitrogens with zero attached hydrogens (tertiary/aromatic N) is 1. The van der Waals surface area contributed by atoms with Crippen LogP contribution < -0.4 is 10.1 Å². The summed E-state index contributed by atoms with van der Waals surface area (Å²) in [5.41, 5.74) is 5.10. The van der Waals surface area contributed by atoms with E-state index in [2.05, 4.69) is 11.4 Å². The minimum Gasteiger partial charge on any atom is -0.493 e. The number of nitrogens with one attached hydrogen (secondary N) is 1. The van der Waals surface area contributed by atoms with E-state index in [1.165, 1.54) is 0 Å². The van der Waals surface area contributed by atoms with Gasteiger partial charge in [0.1, 0.15) is 11.4 Å². The van der Waals surface area contributed by atoms with Gasteiger partial charge in [-0.1, -0.05) is 36.4 Å². The Balaban J connectivity index is 1.48. The lowest BCUT2D eigenvalue weighted by Crippen LogP contribution is -2.27. The molecule has 0 radical (unpaired) electrons. The molecule has 0 fully saturated rings. The molecule has 0 bridgehead atoms. The van der Waals surface area contributed by atoms with E-state index in [1.54, 1.807) is 6.07 Å². The minimum absolute atomic E-state index is 0.487. The quantitative estimate of drug-likeness (QED) is 0.539. The Bertz CT molecular complexity index is 1100. The summed E-state index contributed by atoms with van der Waals surface area (Å²) in [5.74, 6) is -0.342. The Morgan fingerprint density at radius 1 is 0.966 bits per heavy atom. The molecule has 0 aliphatic carbocycles. The standard InChI is InChI=1S/C24H22N2O3/c27-23(24(28)25-18-10-9-17-11-13-29-21(17)14-18)22-20(16-6-2-1-3-7-16)15-19-8-4-5-12-26(19)22/h1-3,6-7,9-10,14-15H,4-5,8,11-13H2,(H,25,28). The van der Waals surface area contributed by atoms with Gasteiger partial charge in [-0.05, 0) is 42.5 Å². The van der Waals surface area contributed by atoms with E-state index in [1.807, 2.05) is 47.0 Å². The first-order valence-electron chi connectivity index (χ1n) is 10.1. The molecule has 0 unspecified atom stereocenters. The molecular weight excluding hydrogens is 364 g/mol. The van der Waals surface area contributed by atoms with Crippen molar-refractivity contribution >= 4 is 17.4 Å². The number of hydrogen-bond acceptors (Lipinski definition) is 3. The van der Waals surface area contributed by atoms with Crippen LogP contribution in [0.25, 0.3) is 11.1 Å². The molecule has 5 rings (SSSR count). The number of carbonyl (C=O) groups excluding carboxylic acids is 2. The van der Waals surface area contributed by atoms with Crippen molar-refractivity contribution in [1.82, 2.24) is 4.57 Å². The summed E-state index contributed by atoms with van der Waals surface area (Å²) in [4.78, 5) is 26.1. The largest absolute Gasteiger partial charge is 0.493 e. The lowest BCUT2D eigenvalue weighted by molar-refractivity contribution is -0.112. The van der Waals surface area contributed by atoms with Crippen LogP contribution in [0.4, 0.5) is 5.69 Å². The molecule has 0 spiro atoms. The zero-order valence-corrected chi connectivity index (χ0v) is 16.1. The van der Waals surface area contributed by atoms with Crippen molar-refractivity contribution < 1.29 is 14.3 Å². The molecule has 1 aromatic heterocycles. The van der Waals surface area contributed by atoms with Gasteiger partial charge >= 0.3 is 0 Å². The Hall–Kier alpha value is -3.34. The van der Waals surface area contributed by atoms with Crippen LogP contribution in [-0.2, 0) is 24.2 Å². The van der Waals surface area contributed by atoms with E-state index in [-0.39, 0.29) is 0 Å². The van der Waals surface area contributed by atoms with Gasteiger partial charge in [-0.15, -0.1) is 0 Å². The molecule has 2 aliphatic rings. The summed E-state index contributed by atoms with van der Waals surface area (Å²) < 4.78 is 7.59. The van der Waals surface area contributed by atoms with E-state index in [9.17, 15) is 9.59 Å². The predicted molar refractivity (Wildman–Crippen MR) is 111 cm³/mol.